The quantitative estimate of drug-likeness (QED) is 0.855. The molecule has 0 aliphatic carbocycles. The number of nitrogen functional groups attached to an aromatic ring is 1. The van der Waals surface area contributed by atoms with Crippen LogP contribution in [0.1, 0.15) is 17.4 Å². The summed E-state index contributed by atoms with van der Waals surface area (Å²) in [6.07, 6.45) is 2.91. The Morgan fingerprint density at radius 2 is 2.11 bits per heavy atom. The van der Waals surface area contributed by atoms with Crippen molar-refractivity contribution in [2.24, 2.45) is 0 Å². The summed E-state index contributed by atoms with van der Waals surface area (Å²) in [7, 11) is 0. The van der Waals surface area contributed by atoms with Crippen molar-refractivity contribution in [3.63, 3.8) is 0 Å². The number of thiophene rings is 1. The maximum atomic E-state index is 9.10. The van der Waals surface area contributed by atoms with Gasteiger partial charge in [-0.05, 0) is 24.3 Å². The van der Waals surface area contributed by atoms with E-state index < -0.39 is 0 Å². The third kappa shape index (κ3) is 2.12. The van der Waals surface area contributed by atoms with Gasteiger partial charge in [-0.3, -0.25) is 0 Å². The normalized spacial score (nSPS) is 10.3. The molecular formula is C14H14N2S2. The lowest BCUT2D eigenvalue weighted by Gasteiger charge is -2.07. The molecule has 0 saturated heterocycles. The first kappa shape index (κ1) is 13.0. The Bertz CT molecular complexity index is 609. The van der Waals surface area contributed by atoms with E-state index in [0.717, 1.165) is 16.9 Å². The van der Waals surface area contributed by atoms with Gasteiger partial charge in [-0.15, -0.1) is 23.1 Å². The first-order valence-electron chi connectivity index (χ1n) is 5.67. The zero-order valence-corrected chi connectivity index (χ0v) is 12.0. The molecule has 1 heterocycles. The molecule has 1 aromatic heterocycles. The van der Waals surface area contributed by atoms with Crippen molar-refractivity contribution in [2.45, 2.75) is 18.2 Å². The second-order valence-corrected chi connectivity index (χ2v) is 5.69. The number of anilines is 1. The minimum Gasteiger partial charge on any atom is -0.397 e. The second-order valence-electron chi connectivity index (χ2n) is 3.82. The van der Waals surface area contributed by atoms with Gasteiger partial charge in [0, 0.05) is 15.3 Å². The average Bonchev–Trinajstić information content (AvgIpc) is 2.74. The minimum absolute atomic E-state index is 0.623. The van der Waals surface area contributed by atoms with Gasteiger partial charge in [0.1, 0.15) is 10.9 Å². The summed E-state index contributed by atoms with van der Waals surface area (Å²) in [5.41, 5.74) is 8.96. The number of benzene rings is 1. The summed E-state index contributed by atoms with van der Waals surface area (Å²) in [6.45, 7) is 2.07. The van der Waals surface area contributed by atoms with E-state index in [-0.39, 0.29) is 0 Å². The Morgan fingerprint density at radius 1 is 1.39 bits per heavy atom. The van der Waals surface area contributed by atoms with Gasteiger partial charge in [0.15, 0.2) is 0 Å². The number of hydrogen-bond acceptors (Lipinski definition) is 4. The largest absolute Gasteiger partial charge is 0.397 e. The number of nitrogens with zero attached hydrogens (tertiary/aromatic N) is 1. The number of hydrogen-bond donors (Lipinski definition) is 1. The molecule has 2 aromatic rings. The van der Waals surface area contributed by atoms with Crippen molar-refractivity contribution >= 4 is 28.8 Å². The highest BCUT2D eigenvalue weighted by Gasteiger charge is 2.17. The van der Waals surface area contributed by atoms with Crippen LogP contribution < -0.4 is 5.73 Å². The van der Waals surface area contributed by atoms with Crippen LogP contribution in [0.15, 0.2) is 29.2 Å². The molecule has 18 heavy (non-hydrogen) atoms. The molecule has 2 nitrogen and oxygen atoms in total. The Morgan fingerprint density at radius 3 is 2.72 bits per heavy atom. The van der Waals surface area contributed by atoms with E-state index in [1.54, 1.807) is 11.8 Å². The molecule has 2 rings (SSSR count). The first-order chi connectivity index (χ1) is 8.72. The van der Waals surface area contributed by atoms with Gasteiger partial charge in [-0.25, -0.2) is 0 Å². The van der Waals surface area contributed by atoms with Crippen molar-refractivity contribution in [1.29, 1.82) is 5.26 Å². The van der Waals surface area contributed by atoms with Crippen LogP contribution in [-0.2, 0) is 6.42 Å². The predicted octanol–water partition coefficient (Wildman–Crippen LogP) is 4.15. The standard InChI is InChI=1S/C14H14N2S2/c1-3-9-13(16)12(8-15)18-14(9)10-6-4-5-7-11(10)17-2/h4-7H,3,16H2,1-2H3. The summed E-state index contributed by atoms with van der Waals surface area (Å²) < 4.78 is 0. The molecule has 2 N–H and O–H groups in total. The SMILES string of the molecule is CCc1c(-c2ccccc2SC)sc(C#N)c1N. The Balaban J connectivity index is 2.68. The molecule has 0 spiro atoms. The van der Waals surface area contributed by atoms with Gasteiger partial charge in [0.2, 0.25) is 0 Å². The van der Waals surface area contributed by atoms with Crippen molar-refractivity contribution in [2.75, 3.05) is 12.0 Å². The van der Waals surface area contributed by atoms with Gasteiger partial charge in [-0.2, -0.15) is 5.26 Å². The summed E-state index contributed by atoms with van der Waals surface area (Å²) in [5.74, 6) is 0. The Hall–Kier alpha value is -1.44. The van der Waals surface area contributed by atoms with E-state index in [9.17, 15) is 0 Å². The van der Waals surface area contributed by atoms with E-state index >= 15 is 0 Å². The zero-order chi connectivity index (χ0) is 13.1. The van der Waals surface area contributed by atoms with Crippen LogP contribution in [-0.4, -0.2) is 6.26 Å². The Kier molecular flexibility index (Phi) is 3.95. The van der Waals surface area contributed by atoms with Crippen LogP contribution in [0, 0.1) is 11.3 Å². The van der Waals surface area contributed by atoms with Gasteiger partial charge in [0.05, 0.1) is 5.69 Å². The maximum Gasteiger partial charge on any atom is 0.128 e. The molecule has 92 valence electrons. The lowest BCUT2D eigenvalue weighted by atomic mass is 10.1. The van der Waals surface area contributed by atoms with Gasteiger partial charge in [-0.1, -0.05) is 25.1 Å². The first-order valence-corrected chi connectivity index (χ1v) is 7.71. The summed E-state index contributed by atoms with van der Waals surface area (Å²) in [5, 5.41) is 9.10. The van der Waals surface area contributed by atoms with Crippen LogP contribution in [0.25, 0.3) is 10.4 Å². The van der Waals surface area contributed by atoms with Gasteiger partial charge >= 0.3 is 0 Å². The van der Waals surface area contributed by atoms with E-state index in [2.05, 4.69) is 31.4 Å². The molecule has 0 amide bonds. The van der Waals surface area contributed by atoms with Crippen molar-refractivity contribution < 1.29 is 0 Å². The van der Waals surface area contributed by atoms with E-state index in [4.69, 9.17) is 11.0 Å². The van der Waals surface area contributed by atoms with E-state index in [1.165, 1.54) is 21.8 Å². The van der Waals surface area contributed by atoms with Crippen molar-refractivity contribution in [1.82, 2.24) is 0 Å². The molecule has 0 radical (unpaired) electrons. The smallest absolute Gasteiger partial charge is 0.128 e. The van der Waals surface area contributed by atoms with Crippen molar-refractivity contribution in [3.8, 4) is 16.5 Å². The number of nitrogens with two attached hydrogens (primary N) is 1. The lowest BCUT2D eigenvalue weighted by molar-refractivity contribution is 1.16. The maximum absolute atomic E-state index is 9.10. The fraction of sp³-hybridized carbons (Fsp3) is 0.214. The molecule has 0 atom stereocenters. The molecule has 0 bridgehead atoms. The molecule has 0 unspecified atom stereocenters. The molecule has 0 saturated carbocycles. The highest BCUT2D eigenvalue weighted by molar-refractivity contribution is 7.98. The summed E-state index contributed by atoms with van der Waals surface area (Å²) >= 11 is 3.21. The van der Waals surface area contributed by atoms with E-state index in [0.29, 0.717) is 10.6 Å². The van der Waals surface area contributed by atoms with Gasteiger partial charge < -0.3 is 5.73 Å². The highest BCUT2D eigenvalue weighted by atomic mass is 32.2. The fourth-order valence-corrected chi connectivity index (χ4v) is 3.78. The zero-order valence-electron chi connectivity index (χ0n) is 10.4. The summed E-state index contributed by atoms with van der Waals surface area (Å²) in [4.78, 5) is 2.98. The molecule has 0 fully saturated rings. The highest BCUT2D eigenvalue weighted by Crippen LogP contribution is 2.41. The van der Waals surface area contributed by atoms with Crippen molar-refractivity contribution in [3.05, 3.63) is 34.7 Å². The molecule has 1 aromatic carbocycles. The van der Waals surface area contributed by atoms with Crippen LogP contribution in [0.5, 0.6) is 0 Å². The monoisotopic (exact) mass is 274 g/mol. The Labute approximate surface area is 115 Å². The number of nitriles is 1. The fourth-order valence-electron chi connectivity index (χ4n) is 1.96. The van der Waals surface area contributed by atoms with Crippen LogP contribution in [0.2, 0.25) is 0 Å². The third-order valence-electron chi connectivity index (χ3n) is 2.85. The number of rotatable bonds is 3. The molecule has 0 aliphatic rings. The topological polar surface area (TPSA) is 49.8 Å². The lowest BCUT2D eigenvalue weighted by Crippen LogP contribution is -1.92. The summed E-state index contributed by atoms with van der Waals surface area (Å²) in [6, 6.07) is 10.4. The van der Waals surface area contributed by atoms with E-state index in [1.807, 2.05) is 12.1 Å². The second kappa shape index (κ2) is 5.47. The average molecular weight is 274 g/mol. The minimum atomic E-state index is 0.623. The number of thioether (sulfide) groups is 1. The molecule has 4 heteroatoms. The molecule has 0 aliphatic heterocycles. The van der Waals surface area contributed by atoms with Crippen LogP contribution in [0.4, 0.5) is 5.69 Å². The predicted molar refractivity (Wildman–Crippen MR) is 80.0 cm³/mol. The van der Waals surface area contributed by atoms with Crippen LogP contribution >= 0.6 is 23.1 Å². The third-order valence-corrected chi connectivity index (χ3v) is 4.84. The van der Waals surface area contributed by atoms with Gasteiger partial charge in [0.25, 0.3) is 0 Å². The van der Waals surface area contributed by atoms with Crippen LogP contribution in [0.3, 0.4) is 0 Å². The molecular weight excluding hydrogens is 260 g/mol.